The van der Waals surface area contributed by atoms with Gasteiger partial charge >= 0.3 is 0 Å². The summed E-state index contributed by atoms with van der Waals surface area (Å²) in [6, 6.07) is 5.12. The fraction of sp³-hybridized carbons (Fsp3) is 0.300. The molecule has 0 saturated carbocycles. The lowest BCUT2D eigenvalue weighted by molar-refractivity contribution is 0.297. The van der Waals surface area contributed by atoms with E-state index in [0.29, 0.717) is 23.9 Å². The van der Waals surface area contributed by atoms with Crippen molar-refractivity contribution in [2.45, 2.75) is 6.92 Å². The minimum absolute atomic E-state index is 0.369. The molecular weight excluding hydrogens is 182 g/mol. The molecule has 0 aliphatic heterocycles. The third-order valence-corrected chi connectivity index (χ3v) is 1.61. The molecule has 14 heavy (non-hydrogen) atoms. The van der Waals surface area contributed by atoms with Crippen LogP contribution < -0.4 is 14.2 Å². The summed E-state index contributed by atoms with van der Waals surface area (Å²) in [5.41, 5.74) is 0. The van der Waals surface area contributed by atoms with E-state index in [-0.39, 0.29) is 0 Å². The van der Waals surface area contributed by atoms with Gasteiger partial charge in [-0.1, -0.05) is 6.07 Å². The van der Waals surface area contributed by atoms with E-state index in [1.165, 1.54) is 7.11 Å². The first-order valence-corrected chi connectivity index (χ1v) is 4.19. The smallest absolute Gasteiger partial charge is 0.292 e. The Morgan fingerprint density at radius 1 is 1.36 bits per heavy atom. The summed E-state index contributed by atoms with van der Waals surface area (Å²) in [6.07, 6.45) is 1.60. The molecule has 0 amide bonds. The summed E-state index contributed by atoms with van der Waals surface area (Å²) in [7, 11) is 1.54. The predicted octanol–water partition coefficient (Wildman–Crippen LogP) is 1.95. The van der Waals surface area contributed by atoms with E-state index in [4.69, 9.17) is 19.5 Å². The van der Waals surface area contributed by atoms with Crippen LogP contribution >= 0.6 is 0 Å². The van der Waals surface area contributed by atoms with Crippen molar-refractivity contribution in [1.29, 1.82) is 5.26 Å². The van der Waals surface area contributed by atoms with Gasteiger partial charge in [-0.15, -0.1) is 5.26 Å². The second-order valence-corrected chi connectivity index (χ2v) is 2.41. The van der Waals surface area contributed by atoms with E-state index in [0.717, 1.165) is 0 Å². The lowest BCUT2D eigenvalue weighted by Crippen LogP contribution is -1.97. The maximum Gasteiger partial charge on any atom is 0.292 e. The second kappa shape index (κ2) is 4.97. The lowest BCUT2D eigenvalue weighted by atomic mass is 10.3. The molecule has 0 radical (unpaired) electrons. The number of rotatable bonds is 4. The number of hydrogen-bond donors (Lipinski definition) is 0. The van der Waals surface area contributed by atoms with Gasteiger partial charge in [-0.2, -0.15) is 0 Å². The summed E-state index contributed by atoms with van der Waals surface area (Å²) < 4.78 is 15.1. The monoisotopic (exact) mass is 193 g/mol. The topological polar surface area (TPSA) is 51.5 Å². The number of nitrogens with zero attached hydrogens (tertiary/aromatic N) is 1. The Morgan fingerprint density at radius 3 is 2.64 bits per heavy atom. The Hall–Kier alpha value is -1.89. The SMILES string of the molecule is CCOc1c(OC)cccc1OC#N. The maximum atomic E-state index is 8.41. The number of hydrogen-bond acceptors (Lipinski definition) is 4. The van der Waals surface area contributed by atoms with E-state index in [1.807, 2.05) is 6.92 Å². The van der Waals surface area contributed by atoms with Gasteiger partial charge < -0.3 is 14.2 Å². The Morgan fingerprint density at radius 2 is 2.07 bits per heavy atom. The number of ether oxygens (including phenoxy) is 3. The summed E-state index contributed by atoms with van der Waals surface area (Å²) in [4.78, 5) is 0. The number of methoxy groups -OCH3 is 1. The summed E-state index contributed by atoms with van der Waals surface area (Å²) in [5, 5.41) is 8.41. The fourth-order valence-electron chi connectivity index (χ4n) is 1.07. The van der Waals surface area contributed by atoms with E-state index in [1.54, 1.807) is 24.5 Å². The standard InChI is InChI=1S/C10H11NO3/c1-3-13-10-8(12-2)5-4-6-9(10)14-7-11/h4-6H,3H2,1-2H3. The highest BCUT2D eigenvalue weighted by Gasteiger charge is 2.10. The molecule has 0 spiro atoms. The third-order valence-electron chi connectivity index (χ3n) is 1.61. The van der Waals surface area contributed by atoms with Crippen LogP contribution in [0.3, 0.4) is 0 Å². The molecule has 0 heterocycles. The minimum atomic E-state index is 0.369. The molecule has 4 nitrogen and oxygen atoms in total. The van der Waals surface area contributed by atoms with Gasteiger partial charge in [0.1, 0.15) is 0 Å². The largest absolute Gasteiger partial charge is 0.493 e. The van der Waals surface area contributed by atoms with Crippen molar-refractivity contribution in [2.75, 3.05) is 13.7 Å². The van der Waals surface area contributed by atoms with Gasteiger partial charge in [-0.05, 0) is 19.1 Å². The van der Waals surface area contributed by atoms with Crippen LogP contribution in [-0.2, 0) is 0 Å². The first-order valence-electron chi connectivity index (χ1n) is 4.19. The molecule has 0 N–H and O–H groups in total. The Bertz CT molecular complexity index is 344. The van der Waals surface area contributed by atoms with Gasteiger partial charge in [-0.25, -0.2) is 0 Å². The van der Waals surface area contributed by atoms with Crippen molar-refractivity contribution in [3.63, 3.8) is 0 Å². The van der Waals surface area contributed by atoms with Crippen LogP contribution in [0.5, 0.6) is 17.2 Å². The number of para-hydroxylation sites is 1. The van der Waals surface area contributed by atoms with Crippen molar-refractivity contribution in [1.82, 2.24) is 0 Å². The Kier molecular flexibility index (Phi) is 3.62. The van der Waals surface area contributed by atoms with Crippen molar-refractivity contribution in [3.05, 3.63) is 18.2 Å². The van der Waals surface area contributed by atoms with E-state index < -0.39 is 0 Å². The van der Waals surface area contributed by atoms with Crippen LogP contribution in [0.1, 0.15) is 6.92 Å². The molecule has 0 bridgehead atoms. The lowest BCUT2D eigenvalue weighted by Gasteiger charge is -2.10. The molecule has 4 heteroatoms. The van der Waals surface area contributed by atoms with E-state index in [9.17, 15) is 0 Å². The van der Waals surface area contributed by atoms with Gasteiger partial charge in [-0.3, -0.25) is 0 Å². The average molecular weight is 193 g/mol. The molecule has 1 aromatic rings. The van der Waals surface area contributed by atoms with Gasteiger partial charge in [0.25, 0.3) is 6.26 Å². The number of benzene rings is 1. The summed E-state index contributed by atoms with van der Waals surface area (Å²) >= 11 is 0. The predicted molar refractivity (Wildman–Crippen MR) is 50.4 cm³/mol. The average Bonchev–Trinajstić information content (AvgIpc) is 2.21. The van der Waals surface area contributed by atoms with Gasteiger partial charge in [0, 0.05) is 0 Å². The molecule has 0 fully saturated rings. The van der Waals surface area contributed by atoms with Crippen molar-refractivity contribution < 1.29 is 14.2 Å². The van der Waals surface area contributed by atoms with Crippen LogP contribution in [0.25, 0.3) is 0 Å². The van der Waals surface area contributed by atoms with Crippen LogP contribution in [-0.4, -0.2) is 13.7 Å². The van der Waals surface area contributed by atoms with Crippen molar-refractivity contribution in [3.8, 4) is 23.5 Å². The maximum absolute atomic E-state index is 8.41. The van der Waals surface area contributed by atoms with Crippen molar-refractivity contribution >= 4 is 0 Å². The summed E-state index contributed by atoms with van der Waals surface area (Å²) in [5.74, 6) is 1.38. The second-order valence-electron chi connectivity index (χ2n) is 2.41. The molecule has 0 saturated heterocycles. The van der Waals surface area contributed by atoms with Crippen LogP contribution in [0.4, 0.5) is 0 Å². The molecule has 0 aliphatic rings. The molecule has 0 unspecified atom stereocenters. The zero-order valence-electron chi connectivity index (χ0n) is 8.11. The normalized spacial score (nSPS) is 8.93. The van der Waals surface area contributed by atoms with Crippen LogP contribution in [0.2, 0.25) is 0 Å². The zero-order valence-corrected chi connectivity index (χ0v) is 8.11. The first-order chi connectivity index (χ1) is 6.83. The summed E-state index contributed by atoms with van der Waals surface area (Å²) in [6.45, 7) is 2.34. The number of nitriles is 1. The Balaban J connectivity index is 3.08. The quantitative estimate of drug-likeness (QED) is 0.686. The molecule has 0 atom stereocenters. The molecule has 1 aromatic carbocycles. The molecule has 1 rings (SSSR count). The molecule has 74 valence electrons. The molecule has 0 aliphatic carbocycles. The highest BCUT2D eigenvalue weighted by molar-refractivity contribution is 5.51. The van der Waals surface area contributed by atoms with E-state index >= 15 is 0 Å². The van der Waals surface area contributed by atoms with Gasteiger partial charge in [0.15, 0.2) is 11.5 Å². The first kappa shape index (κ1) is 10.2. The Labute approximate surface area is 82.6 Å². The van der Waals surface area contributed by atoms with Crippen molar-refractivity contribution in [2.24, 2.45) is 0 Å². The highest BCUT2D eigenvalue weighted by atomic mass is 16.5. The van der Waals surface area contributed by atoms with Crippen LogP contribution in [0, 0.1) is 11.5 Å². The molecule has 0 aromatic heterocycles. The minimum Gasteiger partial charge on any atom is -0.493 e. The van der Waals surface area contributed by atoms with Crippen LogP contribution in [0.15, 0.2) is 18.2 Å². The third kappa shape index (κ3) is 2.07. The van der Waals surface area contributed by atoms with Gasteiger partial charge in [0.05, 0.1) is 13.7 Å². The molecular formula is C10H11NO3. The highest BCUT2D eigenvalue weighted by Crippen LogP contribution is 2.36. The van der Waals surface area contributed by atoms with Gasteiger partial charge in [0.2, 0.25) is 5.75 Å². The zero-order chi connectivity index (χ0) is 10.4. The fourth-order valence-corrected chi connectivity index (χ4v) is 1.07. The van der Waals surface area contributed by atoms with E-state index in [2.05, 4.69) is 0 Å².